The summed E-state index contributed by atoms with van der Waals surface area (Å²) in [6.45, 7) is 2.07. The van der Waals surface area contributed by atoms with Gasteiger partial charge < -0.3 is 5.11 Å². The lowest BCUT2D eigenvalue weighted by molar-refractivity contribution is -0.119. The second-order valence-electron chi connectivity index (χ2n) is 10.5. The number of unbranched alkanes of at least 4 members (excludes halogenated alkanes) is 1. The molecule has 8 nitrogen and oxygen atoms in total. The number of carboxylic acids is 1. The number of aryl methyl sites for hydroxylation is 1. The Balaban J connectivity index is 1.42. The van der Waals surface area contributed by atoms with Gasteiger partial charge >= 0.3 is 5.97 Å². The lowest BCUT2D eigenvalue weighted by Gasteiger charge is -2.19. The molecule has 0 unspecified atom stereocenters. The van der Waals surface area contributed by atoms with Crippen molar-refractivity contribution in [3.8, 4) is 11.1 Å². The van der Waals surface area contributed by atoms with Crippen LogP contribution in [-0.4, -0.2) is 35.6 Å². The minimum absolute atomic E-state index is 0.0108. The predicted octanol–water partition coefficient (Wildman–Crippen LogP) is 6.35. The first-order chi connectivity index (χ1) is 21.3. The van der Waals surface area contributed by atoms with Gasteiger partial charge in [0.15, 0.2) is 5.69 Å². The first kappa shape index (κ1) is 30.4. The van der Waals surface area contributed by atoms with Crippen molar-refractivity contribution in [2.24, 2.45) is 0 Å². The van der Waals surface area contributed by atoms with Gasteiger partial charge in [0.05, 0.1) is 10.8 Å². The maximum atomic E-state index is 13.7. The van der Waals surface area contributed by atoms with E-state index in [0.717, 1.165) is 24.1 Å². The Hall–Kier alpha value is -5.02. The van der Waals surface area contributed by atoms with E-state index in [0.29, 0.717) is 40.7 Å². The van der Waals surface area contributed by atoms with Gasteiger partial charge in [-0.1, -0.05) is 116 Å². The van der Waals surface area contributed by atoms with Crippen LogP contribution in [0.3, 0.4) is 0 Å². The molecule has 1 heterocycles. The number of carbonyl (C=O) groups excluding carboxylic acids is 1. The zero-order valence-electron chi connectivity index (χ0n) is 24.2. The van der Waals surface area contributed by atoms with Crippen molar-refractivity contribution in [1.29, 1.82) is 0 Å². The lowest BCUT2D eigenvalue weighted by atomic mass is 9.91. The fourth-order valence-corrected chi connectivity index (χ4v) is 6.53. The normalized spacial score (nSPS) is 11.4. The van der Waals surface area contributed by atoms with E-state index in [-0.39, 0.29) is 10.6 Å². The number of aromatic amines is 1. The summed E-state index contributed by atoms with van der Waals surface area (Å²) < 4.78 is 29.7. The molecule has 1 aromatic heterocycles. The molecule has 0 bridgehead atoms. The lowest BCUT2D eigenvalue weighted by Crippen LogP contribution is -2.35. The number of H-pyrrole nitrogens is 1. The van der Waals surface area contributed by atoms with E-state index in [9.17, 15) is 23.1 Å². The second kappa shape index (κ2) is 13.5. The molecular formula is C35H33N3O5S. The number of aromatic carboxylic acids is 1. The van der Waals surface area contributed by atoms with Gasteiger partial charge in [0.2, 0.25) is 5.91 Å². The number of amides is 1. The SMILES string of the molecule is CCCCc1[nH]nc(C(=O)O)c1Cc1ccc(-c2ccccc2S(=O)(=O)NC(=O)C(c2ccccc2)c2ccccc2)cc1. The largest absolute Gasteiger partial charge is 0.476 e. The van der Waals surface area contributed by atoms with Crippen molar-refractivity contribution >= 4 is 21.9 Å². The fraction of sp³-hybridized carbons (Fsp3) is 0.171. The molecule has 5 aromatic rings. The standard InChI is InChI=1S/C35H33N3O5S/c1-2-3-17-30-29(33(35(40)41)37-36-30)23-24-19-21-25(22-20-24)28-16-10-11-18-31(28)44(42,43)38-34(39)32(26-12-6-4-7-13-26)27-14-8-5-9-15-27/h4-16,18-22,32H,2-3,17,23H2,1H3,(H,36,37)(H,38,39)(H,40,41). The Morgan fingerprint density at radius 1 is 0.841 bits per heavy atom. The average molecular weight is 608 g/mol. The zero-order chi connectivity index (χ0) is 31.1. The topological polar surface area (TPSA) is 129 Å². The van der Waals surface area contributed by atoms with E-state index in [4.69, 9.17) is 0 Å². The van der Waals surface area contributed by atoms with E-state index in [1.807, 2.05) is 48.5 Å². The summed E-state index contributed by atoms with van der Waals surface area (Å²) in [5, 5.41) is 16.5. The number of nitrogens with one attached hydrogen (secondary N) is 2. The van der Waals surface area contributed by atoms with Crippen molar-refractivity contribution in [2.75, 3.05) is 0 Å². The van der Waals surface area contributed by atoms with Crippen molar-refractivity contribution < 1.29 is 23.1 Å². The van der Waals surface area contributed by atoms with Gasteiger partial charge in [0.25, 0.3) is 10.0 Å². The average Bonchev–Trinajstić information content (AvgIpc) is 3.43. The second-order valence-corrected chi connectivity index (χ2v) is 12.2. The summed E-state index contributed by atoms with van der Waals surface area (Å²) in [6, 6.07) is 32.0. The fourth-order valence-electron chi connectivity index (χ4n) is 5.31. The van der Waals surface area contributed by atoms with Gasteiger partial charge in [0.1, 0.15) is 0 Å². The molecule has 9 heteroatoms. The highest BCUT2D eigenvalue weighted by molar-refractivity contribution is 7.90. The first-order valence-electron chi connectivity index (χ1n) is 14.4. The van der Waals surface area contributed by atoms with Gasteiger partial charge in [-0.2, -0.15) is 5.10 Å². The molecule has 3 N–H and O–H groups in total. The molecule has 0 aliphatic rings. The number of benzene rings is 4. The van der Waals surface area contributed by atoms with Crippen LogP contribution >= 0.6 is 0 Å². The third-order valence-electron chi connectivity index (χ3n) is 7.52. The Morgan fingerprint density at radius 3 is 2.02 bits per heavy atom. The number of carbonyl (C=O) groups is 2. The molecule has 0 aliphatic carbocycles. The number of nitrogens with zero attached hydrogens (tertiary/aromatic N) is 1. The Kier molecular flexibility index (Phi) is 9.35. The molecule has 0 radical (unpaired) electrons. The van der Waals surface area contributed by atoms with Crippen LogP contribution < -0.4 is 4.72 Å². The summed E-state index contributed by atoms with van der Waals surface area (Å²) in [7, 11) is -4.26. The number of carboxylic acid groups (broad SMARTS) is 1. The summed E-state index contributed by atoms with van der Waals surface area (Å²) in [4.78, 5) is 25.4. The Bertz CT molecular complexity index is 1810. The molecule has 0 aliphatic heterocycles. The van der Waals surface area contributed by atoms with Gasteiger partial charge in [-0.15, -0.1) is 0 Å². The summed E-state index contributed by atoms with van der Waals surface area (Å²) in [5.41, 5.74) is 4.76. The molecule has 1 amide bonds. The molecule has 5 rings (SSSR count). The molecule has 0 spiro atoms. The molecule has 0 atom stereocenters. The van der Waals surface area contributed by atoms with E-state index >= 15 is 0 Å². The Morgan fingerprint density at radius 2 is 1.43 bits per heavy atom. The number of rotatable bonds is 12. The maximum absolute atomic E-state index is 13.7. The van der Waals surface area contributed by atoms with Crippen molar-refractivity contribution in [3.63, 3.8) is 0 Å². The maximum Gasteiger partial charge on any atom is 0.356 e. The Labute approximate surface area is 256 Å². The summed E-state index contributed by atoms with van der Waals surface area (Å²) in [6.07, 6.45) is 2.95. The highest BCUT2D eigenvalue weighted by Gasteiger charge is 2.29. The van der Waals surface area contributed by atoms with Crippen LogP contribution in [0.15, 0.2) is 114 Å². The van der Waals surface area contributed by atoms with Crippen LogP contribution in [0.4, 0.5) is 0 Å². The summed E-state index contributed by atoms with van der Waals surface area (Å²) in [5.74, 6) is -2.56. The molecule has 0 saturated carbocycles. The van der Waals surface area contributed by atoms with Crippen LogP contribution in [0, 0.1) is 0 Å². The third-order valence-corrected chi connectivity index (χ3v) is 8.93. The van der Waals surface area contributed by atoms with Crippen molar-refractivity contribution in [2.45, 2.75) is 43.4 Å². The molecule has 0 saturated heterocycles. The van der Waals surface area contributed by atoms with Crippen LogP contribution in [0.5, 0.6) is 0 Å². The molecule has 44 heavy (non-hydrogen) atoms. The van der Waals surface area contributed by atoms with E-state index < -0.39 is 27.8 Å². The minimum Gasteiger partial charge on any atom is -0.476 e. The highest BCUT2D eigenvalue weighted by Crippen LogP contribution is 2.30. The number of sulfonamides is 1. The molecule has 0 fully saturated rings. The molecule has 224 valence electrons. The van der Waals surface area contributed by atoms with Crippen molar-refractivity contribution in [1.82, 2.24) is 14.9 Å². The van der Waals surface area contributed by atoms with Crippen LogP contribution in [-0.2, 0) is 27.7 Å². The van der Waals surface area contributed by atoms with E-state index in [2.05, 4.69) is 21.8 Å². The highest BCUT2D eigenvalue weighted by atomic mass is 32.2. The number of aromatic nitrogens is 2. The van der Waals surface area contributed by atoms with Crippen molar-refractivity contribution in [3.05, 3.63) is 143 Å². The molecule has 4 aromatic carbocycles. The zero-order valence-corrected chi connectivity index (χ0v) is 25.1. The quantitative estimate of drug-likeness (QED) is 0.152. The van der Waals surface area contributed by atoms with Gasteiger partial charge in [0, 0.05) is 23.2 Å². The predicted molar refractivity (Wildman–Crippen MR) is 169 cm³/mol. The van der Waals surface area contributed by atoms with Gasteiger partial charge in [-0.25, -0.2) is 17.9 Å². The van der Waals surface area contributed by atoms with E-state index in [1.165, 1.54) is 6.07 Å². The first-order valence-corrected chi connectivity index (χ1v) is 15.9. The van der Waals surface area contributed by atoms with Crippen LogP contribution in [0.25, 0.3) is 11.1 Å². The summed E-state index contributed by atoms with van der Waals surface area (Å²) >= 11 is 0. The number of hydrogen-bond donors (Lipinski definition) is 3. The van der Waals surface area contributed by atoms with E-state index in [1.54, 1.807) is 54.6 Å². The van der Waals surface area contributed by atoms with Gasteiger partial charge in [-0.3, -0.25) is 9.89 Å². The molecular weight excluding hydrogens is 574 g/mol. The van der Waals surface area contributed by atoms with Crippen LogP contribution in [0.2, 0.25) is 0 Å². The smallest absolute Gasteiger partial charge is 0.356 e. The minimum atomic E-state index is -4.26. The number of hydrogen-bond acceptors (Lipinski definition) is 5. The third kappa shape index (κ3) is 6.79. The monoisotopic (exact) mass is 607 g/mol. The van der Waals surface area contributed by atoms with Gasteiger partial charge in [-0.05, 0) is 41.2 Å². The van der Waals surface area contributed by atoms with Crippen LogP contribution in [0.1, 0.15) is 64.1 Å².